The normalized spacial score (nSPS) is 13.0. The highest BCUT2D eigenvalue weighted by molar-refractivity contribution is 6.32. The molecule has 0 aromatic rings. The average Bonchev–Trinajstić information content (AvgIpc) is 2.16. The first-order valence-electron chi connectivity index (χ1n) is 5.65. The Kier molecular flexibility index (Phi) is 6.01. The van der Waals surface area contributed by atoms with E-state index in [1.807, 2.05) is 19.9 Å². The summed E-state index contributed by atoms with van der Waals surface area (Å²) in [7, 11) is 0. The summed E-state index contributed by atoms with van der Waals surface area (Å²) in [6, 6.07) is 0. The summed E-state index contributed by atoms with van der Waals surface area (Å²) < 4.78 is 5.10. The van der Waals surface area contributed by atoms with Crippen LogP contribution in [0.3, 0.4) is 0 Å². The van der Waals surface area contributed by atoms with Crippen LogP contribution in [-0.4, -0.2) is 17.4 Å². The molecule has 0 aromatic carbocycles. The first-order chi connectivity index (χ1) is 7.28. The molecule has 16 heavy (non-hydrogen) atoms. The summed E-state index contributed by atoms with van der Waals surface area (Å²) in [6.45, 7) is 10.7. The van der Waals surface area contributed by atoms with Crippen LogP contribution < -0.4 is 0 Å². The zero-order valence-electron chi connectivity index (χ0n) is 10.7. The van der Waals surface area contributed by atoms with Gasteiger partial charge < -0.3 is 4.74 Å². The molecule has 0 fully saturated rings. The number of carbonyl (C=O) groups is 2. The van der Waals surface area contributed by atoms with Crippen molar-refractivity contribution in [1.29, 1.82) is 0 Å². The van der Waals surface area contributed by atoms with Crippen molar-refractivity contribution in [2.24, 2.45) is 5.92 Å². The first-order valence-corrected chi connectivity index (χ1v) is 5.65. The number of carbonyl (C=O) groups excluding carboxylic acids is 2. The second kappa shape index (κ2) is 6.46. The lowest BCUT2D eigenvalue weighted by Crippen LogP contribution is -2.31. The monoisotopic (exact) mass is 226 g/mol. The predicted molar refractivity (Wildman–Crippen MR) is 64.1 cm³/mol. The van der Waals surface area contributed by atoms with Crippen LogP contribution in [0, 0.1) is 5.92 Å². The Bertz CT molecular complexity index is 266. The van der Waals surface area contributed by atoms with Crippen LogP contribution in [-0.2, 0) is 14.3 Å². The molecular weight excluding hydrogens is 204 g/mol. The molecule has 0 saturated heterocycles. The van der Waals surface area contributed by atoms with Crippen LogP contribution >= 0.6 is 0 Å². The van der Waals surface area contributed by atoms with E-state index in [0.29, 0.717) is 5.92 Å². The Morgan fingerprint density at radius 2 is 2.00 bits per heavy atom. The van der Waals surface area contributed by atoms with Gasteiger partial charge in [-0.3, -0.25) is 4.79 Å². The Morgan fingerprint density at radius 1 is 1.44 bits per heavy atom. The third-order valence-electron chi connectivity index (χ3n) is 2.50. The summed E-state index contributed by atoms with van der Waals surface area (Å²) in [5, 5.41) is 0. The number of Topliss-reactive ketones (excluding diaryl/α,β-unsaturated/α-hetero) is 1. The number of hydrogen-bond acceptors (Lipinski definition) is 3. The molecule has 1 unspecified atom stereocenters. The summed E-state index contributed by atoms with van der Waals surface area (Å²) in [4.78, 5) is 21.9. The molecule has 0 spiro atoms. The fourth-order valence-electron chi connectivity index (χ4n) is 1.34. The van der Waals surface area contributed by atoms with Crippen molar-refractivity contribution in [2.45, 2.75) is 52.6 Å². The zero-order chi connectivity index (χ0) is 12.8. The predicted octanol–water partition coefficient (Wildman–Crippen LogP) is 2.89. The Labute approximate surface area is 97.9 Å². The van der Waals surface area contributed by atoms with Crippen LogP contribution in [0.2, 0.25) is 0 Å². The van der Waals surface area contributed by atoms with Gasteiger partial charge in [0.1, 0.15) is 5.60 Å². The molecule has 0 aliphatic rings. The van der Waals surface area contributed by atoms with E-state index < -0.39 is 17.4 Å². The Morgan fingerprint density at radius 3 is 2.44 bits per heavy atom. The molecule has 1 atom stereocenters. The Balaban J connectivity index is 4.00. The molecule has 92 valence electrons. The smallest absolute Gasteiger partial charge is 0.374 e. The van der Waals surface area contributed by atoms with E-state index in [9.17, 15) is 9.59 Å². The number of esters is 1. The second-order valence-electron chi connectivity index (χ2n) is 4.81. The van der Waals surface area contributed by atoms with E-state index in [1.165, 1.54) is 6.92 Å². The second-order valence-corrected chi connectivity index (χ2v) is 4.81. The van der Waals surface area contributed by atoms with Gasteiger partial charge in [-0.1, -0.05) is 13.0 Å². The standard InChI is InChI=1S/C13H22O3/c1-6-10(2)8-7-9-13(4,5)16-12(15)11(3)14/h6,10H,1,7-9H2,2-5H3. The van der Waals surface area contributed by atoms with E-state index in [2.05, 4.69) is 13.5 Å². The van der Waals surface area contributed by atoms with Crippen LogP contribution in [0.25, 0.3) is 0 Å². The number of ether oxygens (including phenoxy) is 1. The molecule has 0 aromatic heterocycles. The van der Waals surface area contributed by atoms with Crippen molar-refractivity contribution in [3.05, 3.63) is 12.7 Å². The number of hydrogen-bond donors (Lipinski definition) is 0. The molecule has 0 N–H and O–H groups in total. The molecule has 0 bridgehead atoms. The van der Waals surface area contributed by atoms with E-state index in [1.54, 1.807) is 0 Å². The first kappa shape index (κ1) is 14.9. The molecular formula is C13H22O3. The SMILES string of the molecule is C=CC(C)CCCC(C)(C)OC(=O)C(C)=O. The van der Waals surface area contributed by atoms with Gasteiger partial charge in [0.05, 0.1) is 0 Å². The van der Waals surface area contributed by atoms with Gasteiger partial charge >= 0.3 is 5.97 Å². The van der Waals surface area contributed by atoms with E-state index in [-0.39, 0.29) is 0 Å². The van der Waals surface area contributed by atoms with Crippen molar-refractivity contribution < 1.29 is 14.3 Å². The molecule has 3 nitrogen and oxygen atoms in total. The highest BCUT2D eigenvalue weighted by atomic mass is 16.6. The molecule has 0 amide bonds. The number of ketones is 1. The average molecular weight is 226 g/mol. The molecule has 0 heterocycles. The maximum Gasteiger partial charge on any atom is 0.374 e. The molecule has 0 aliphatic carbocycles. The minimum absolute atomic E-state index is 0.472. The lowest BCUT2D eigenvalue weighted by atomic mass is 9.96. The van der Waals surface area contributed by atoms with E-state index in [0.717, 1.165) is 19.3 Å². The quantitative estimate of drug-likeness (QED) is 0.381. The van der Waals surface area contributed by atoms with Crippen LogP contribution in [0.4, 0.5) is 0 Å². The van der Waals surface area contributed by atoms with Gasteiger partial charge in [-0.05, 0) is 39.0 Å². The molecule has 3 heteroatoms. The summed E-state index contributed by atoms with van der Waals surface area (Å²) in [5.74, 6) is -0.825. The van der Waals surface area contributed by atoms with Gasteiger partial charge in [0.25, 0.3) is 0 Å². The maximum absolute atomic E-state index is 11.1. The van der Waals surface area contributed by atoms with E-state index in [4.69, 9.17) is 4.74 Å². The van der Waals surface area contributed by atoms with Crippen molar-refractivity contribution in [1.82, 2.24) is 0 Å². The van der Waals surface area contributed by atoms with Gasteiger partial charge in [-0.25, -0.2) is 4.79 Å². The topological polar surface area (TPSA) is 43.4 Å². The largest absolute Gasteiger partial charge is 0.454 e. The van der Waals surface area contributed by atoms with Crippen molar-refractivity contribution in [3.63, 3.8) is 0 Å². The molecule has 0 aliphatic heterocycles. The van der Waals surface area contributed by atoms with Crippen LogP contribution in [0.5, 0.6) is 0 Å². The molecule has 0 rings (SSSR count). The minimum atomic E-state index is -0.748. The summed E-state index contributed by atoms with van der Waals surface area (Å²) in [5.41, 5.74) is -0.566. The van der Waals surface area contributed by atoms with Crippen LogP contribution in [0.1, 0.15) is 47.0 Å². The minimum Gasteiger partial charge on any atom is -0.454 e. The molecule has 0 saturated carbocycles. The van der Waals surface area contributed by atoms with E-state index >= 15 is 0 Å². The van der Waals surface area contributed by atoms with Gasteiger partial charge in [0.15, 0.2) is 0 Å². The number of rotatable bonds is 7. The van der Waals surface area contributed by atoms with Gasteiger partial charge in [0.2, 0.25) is 5.78 Å². The maximum atomic E-state index is 11.1. The van der Waals surface area contributed by atoms with Crippen molar-refractivity contribution >= 4 is 11.8 Å². The third-order valence-corrected chi connectivity index (χ3v) is 2.50. The van der Waals surface area contributed by atoms with Gasteiger partial charge in [-0.2, -0.15) is 0 Å². The third kappa shape index (κ3) is 6.38. The fraction of sp³-hybridized carbons (Fsp3) is 0.692. The van der Waals surface area contributed by atoms with Crippen LogP contribution in [0.15, 0.2) is 12.7 Å². The fourth-order valence-corrected chi connectivity index (χ4v) is 1.34. The zero-order valence-corrected chi connectivity index (χ0v) is 10.7. The lowest BCUT2D eigenvalue weighted by Gasteiger charge is -2.24. The van der Waals surface area contributed by atoms with Crippen molar-refractivity contribution in [3.8, 4) is 0 Å². The highest BCUT2D eigenvalue weighted by Gasteiger charge is 2.24. The van der Waals surface area contributed by atoms with Gasteiger partial charge in [0, 0.05) is 6.92 Å². The highest BCUT2D eigenvalue weighted by Crippen LogP contribution is 2.20. The molecule has 0 radical (unpaired) electrons. The lowest BCUT2D eigenvalue weighted by molar-refractivity contribution is -0.163. The van der Waals surface area contributed by atoms with Gasteiger partial charge in [-0.15, -0.1) is 6.58 Å². The summed E-state index contributed by atoms with van der Waals surface area (Å²) >= 11 is 0. The number of allylic oxidation sites excluding steroid dienone is 1. The Hall–Kier alpha value is -1.12. The van der Waals surface area contributed by atoms with Crippen molar-refractivity contribution in [2.75, 3.05) is 0 Å². The summed E-state index contributed by atoms with van der Waals surface area (Å²) in [6.07, 6.45) is 4.63.